The predicted molar refractivity (Wildman–Crippen MR) is 134 cm³/mol. The van der Waals surface area contributed by atoms with Gasteiger partial charge in [-0.2, -0.15) is 0 Å². The molecule has 1 aliphatic carbocycles. The smallest absolute Gasteiger partial charge is 0.251 e. The van der Waals surface area contributed by atoms with Crippen molar-refractivity contribution in [3.05, 3.63) is 28.3 Å². The molecule has 3 fully saturated rings. The predicted octanol–water partition coefficient (Wildman–Crippen LogP) is 4.26. The zero-order valence-corrected chi connectivity index (χ0v) is 21.0. The molecule has 0 aromatic heterocycles. The summed E-state index contributed by atoms with van der Waals surface area (Å²) in [6.07, 6.45) is 8.24. The van der Waals surface area contributed by atoms with E-state index in [0.29, 0.717) is 29.1 Å². The Labute approximate surface area is 203 Å². The normalized spacial score (nSPS) is 30.7. The van der Waals surface area contributed by atoms with Crippen LogP contribution in [0.4, 0.5) is 5.69 Å². The minimum absolute atomic E-state index is 0.0704. The van der Waals surface area contributed by atoms with Gasteiger partial charge in [-0.05, 0) is 75.6 Å². The van der Waals surface area contributed by atoms with Crippen LogP contribution in [0.1, 0.15) is 74.7 Å². The second-order valence-corrected chi connectivity index (χ2v) is 11.1. The van der Waals surface area contributed by atoms with E-state index in [4.69, 9.17) is 11.6 Å². The molecule has 2 aliphatic heterocycles. The van der Waals surface area contributed by atoms with Crippen LogP contribution < -0.4 is 21.3 Å². The van der Waals surface area contributed by atoms with Crippen molar-refractivity contribution in [3.8, 4) is 0 Å². The molecule has 4 atom stereocenters. The van der Waals surface area contributed by atoms with Gasteiger partial charge in [0.05, 0.1) is 5.92 Å². The molecule has 2 heterocycles. The topological polar surface area (TPSA) is 82.3 Å². The van der Waals surface area contributed by atoms with E-state index < -0.39 is 0 Å². The average molecular weight is 475 g/mol. The van der Waals surface area contributed by atoms with Crippen LogP contribution in [0, 0.1) is 24.7 Å². The maximum absolute atomic E-state index is 13.1. The molecule has 2 saturated heterocycles. The molecule has 1 aromatic carbocycles. The van der Waals surface area contributed by atoms with Crippen LogP contribution in [0.5, 0.6) is 0 Å². The third kappa shape index (κ3) is 5.48. The van der Waals surface area contributed by atoms with Crippen molar-refractivity contribution in [1.82, 2.24) is 16.0 Å². The lowest BCUT2D eigenvalue weighted by atomic mass is 9.67. The molecule has 1 aromatic rings. The fourth-order valence-corrected chi connectivity index (χ4v) is 6.38. The molecular formula is C26H39ClN4O2. The van der Waals surface area contributed by atoms with Gasteiger partial charge in [0.15, 0.2) is 0 Å². The Morgan fingerprint density at radius 2 is 1.97 bits per heavy atom. The summed E-state index contributed by atoms with van der Waals surface area (Å²) in [6.45, 7) is 8.55. The molecule has 7 heteroatoms. The molecule has 3 aliphatic rings. The SMILES string of the molecule is Cc1c(NC2CCNC2)cc(Cl)cc1C(=O)NCC1C(=O)NC(C)(C2CCCCC2)CC1C. The van der Waals surface area contributed by atoms with E-state index in [1.807, 2.05) is 13.0 Å². The van der Waals surface area contributed by atoms with Crippen molar-refractivity contribution in [2.24, 2.45) is 17.8 Å². The number of amides is 2. The van der Waals surface area contributed by atoms with Gasteiger partial charge in [-0.1, -0.05) is 37.8 Å². The lowest BCUT2D eigenvalue weighted by Gasteiger charge is -2.47. The van der Waals surface area contributed by atoms with E-state index in [1.165, 1.54) is 32.1 Å². The molecule has 0 spiro atoms. The van der Waals surface area contributed by atoms with Crippen LogP contribution in [0.25, 0.3) is 0 Å². The molecule has 182 valence electrons. The Bertz CT molecular complexity index is 879. The van der Waals surface area contributed by atoms with Crippen molar-refractivity contribution in [1.29, 1.82) is 0 Å². The van der Waals surface area contributed by atoms with Gasteiger partial charge in [0, 0.05) is 40.9 Å². The van der Waals surface area contributed by atoms with E-state index in [9.17, 15) is 9.59 Å². The van der Waals surface area contributed by atoms with E-state index in [0.717, 1.165) is 37.2 Å². The zero-order chi connectivity index (χ0) is 23.6. The second-order valence-electron chi connectivity index (χ2n) is 10.7. The van der Waals surface area contributed by atoms with Gasteiger partial charge in [-0.15, -0.1) is 0 Å². The van der Waals surface area contributed by atoms with E-state index in [-0.39, 0.29) is 29.2 Å². The molecule has 4 N–H and O–H groups in total. The van der Waals surface area contributed by atoms with Crippen LogP contribution in [0.15, 0.2) is 12.1 Å². The third-order valence-electron chi connectivity index (χ3n) is 8.20. The summed E-state index contributed by atoms with van der Waals surface area (Å²) in [6, 6.07) is 3.94. The lowest BCUT2D eigenvalue weighted by Crippen LogP contribution is -2.61. The number of hydrogen-bond acceptors (Lipinski definition) is 4. The van der Waals surface area contributed by atoms with Crippen LogP contribution in [0.2, 0.25) is 5.02 Å². The quantitative estimate of drug-likeness (QED) is 0.496. The number of nitrogens with one attached hydrogen (secondary N) is 4. The van der Waals surface area contributed by atoms with Gasteiger partial charge in [-0.3, -0.25) is 9.59 Å². The van der Waals surface area contributed by atoms with Crippen molar-refractivity contribution >= 4 is 29.1 Å². The molecule has 2 amide bonds. The summed E-state index contributed by atoms with van der Waals surface area (Å²) in [4.78, 5) is 26.2. The maximum atomic E-state index is 13.1. The number of halogens is 1. The van der Waals surface area contributed by atoms with Crippen LogP contribution >= 0.6 is 11.6 Å². The molecule has 0 bridgehead atoms. The Kier molecular flexibility index (Phi) is 7.54. The Hall–Kier alpha value is -1.79. The van der Waals surface area contributed by atoms with Gasteiger partial charge < -0.3 is 21.3 Å². The molecule has 0 radical (unpaired) electrons. The van der Waals surface area contributed by atoms with Gasteiger partial charge in [-0.25, -0.2) is 0 Å². The van der Waals surface area contributed by atoms with E-state index in [2.05, 4.69) is 35.1 Å². The fourth-order valence-electron chi connectivity index (χ4n) is 6.16. The largest absolute Gasteiger partial charge is 0.381 e. The first-order valence-corrected chi connectivity index (χ1v) is 13.0. The monoisotopic (exact) mass is 474 g/mol. The molecule has 6 nitrogen and oxygen atoms in total. The summed E-state index contributed by atoms with van der Waals surface area (Å²) in [5.74, 6) is 0.457. The zero-order valence-electron chi connectivity index (χ0n) is 20.2. The molecule has 4 unspecified atom stereocenters. The average Bonchev–Trinajstić information content (AvgIpc) is 3.29. The molecule has 33 heavy (non-hydrogen) atoms. The summed E-state index contributed by atoms with van der Waals surface area (Å²) >= 11 is 6.35. The number of anilines is 1. The molecule has 4 rings (SSSR count). The first-order chi connectivity index (χ1) is 15.8. The first kappa shape index (κ1) is 24.3. The number of carbonyl (C=O) groups is 2. The van der Waals surface area contributed by atoms with Gasteiger partial charge >= 0.3 is 0 Å². The number of benzene rings is 1. The van der Waals surface area contributed by atoms with Gasteiger partial charge in [0.25, 0.3) is 5.91 Å². The number of carbonyl (C=O) groups excluding carboxylic acids is 2. The fraction of sp³-hybridized carbons (Fsp3) is 0.692. The summed E-state index contributed by atoms with van der Waals surface area (Å²) < 4.78 is 0. The highest BCUT2D eigenvalue weighted by Crippen LogP contribution is 2.40. The standard InChI is InChI=1S/C26H39ClN4O2/c1-16-13-26(3,18-7-5-4-6-8-18)31-25(33)22(16)15-29-24(32)21-11-19(27)12-23(17(21)2)30-20-9-10-28-14-20/h11-12,16,18,20,22,28,30H,4-10,13-15H2,1-3H3,(H,29,32)(H,31,33). The van der Waals surface area contributed by atoms with E-state index in [1.54, 1.807) is 6.07 Å². The summed E-state index contributed by atoms with van der Waals surface area (Å²) in [7, 11) is 0. The Morgan fingerprint density at radius 1 is 1.21 bits per heavy atom. The lowest BCUT2D eigenvalue weighted by molar-refractivity contribution is -0.133. The Balaban J connectivity index is 1.39. The van der Waals surface area contributed by atoms with Gasteiger partial charge in [0.1, 0.15) is 0 Å². The Morgan fingerprint density at radius 3 is 2.64 bits per heavy atom. The third-order valence-corrected chi connectivity index (χ3v) is 8.42. The van der Waals surface area contributed by atoms with Crippen molar-refractivity contribution < 1.29 is 9.59 Å². The van der Waals surface area contributed by atoms with Crippen LogP contribution in [-0.2, 0) is 4.79 Å². The summed E-state index contributed by atoms with van der Waals surface area (Å²) in [5.41, 5.74) is 2.21. The number of hydrogen-bond donors (Lipinski definition) is 4. The second kappa shape index (κ2) is 10.2. The van der Waals surface area contributed by atoms with Crippen molar-refractivity contribution in [2.45, 2.75) is 77.3 Å². The highest BCUT2D eigenvalue weighted by Gasteiger charge is 2.45. The molecule has 1 saturated carbocycles. The molecular weight excluding hydrogens is 436 g/mol. The van der Waals surface area contributed by atoms with Gasteiger partial charge in [0.2, 0.25) is 5.91 Å². The van der Waals surface area contributed by atoms with Crippen LogP contribution in [0.3, 0.4) is 0 Å². The maximum Gasteiger partial charge on any atom is 0.251 e. The highest BCUT2D eigenvalue weighted by molar-refractivity contribution is 6.31. The minimum Gasteiger partial charge on any atom is -0.381 e. The first-order valence-electron chi connectivity index (χ1n) is 12.6. The van der Waals surface area contributed by atoms with E-state index >= 15 is 0 Å². The number of rotatable bonds is 6. The van der Waals surface area contributed by atoms with Crippen LogP contribution in [-0.4, -0.2) is 43.0 Å². The van der Waals surface area contributed by atoms with Crippen molar-refractivity contribution in [3.63, 3.8) is 0 Å². The van der Waals surface area contributed by atoms with Crippen molar-refractivity contribution in [2.75, 3.05) is 25.0 Å². The highest BCUT2D eigenvalue weighted by atomic mass is 35.5. The summed E-state index contributed by atoms with van der Waals surface area (Å²) in [5, 5.41) is 13.8. The minimum atomic E-state index is -0.215. The number of piperidine rings is 1.